The molecule has 0 heterocycles. The number of hydrogen-bond acceptors (Lipinski definition) is 3. The van der Waals surface area contributed by atoms with E-state index in [1.165, 1.54) is 5.56 Å². The Hall–Kier alpha value is -2.47. The van der Waals surface area contributed by atoms with E-state index >= 15 is 0 Å². The van der Waals surface area contributed by atoms with Crippen molar-refractivity contribution in [2.75, 3.05) is 13.7 Å². The van der Waals surface area contributed by atoms with Crippen molar-refractivity contribution in [1.82, 2.24) is 0 Å². The Balaban J connectivity index is 2.01. The summed E-state index contributed by atoms with van der Waals surface area (Å²) in [6.45, 7) is 0.551. The Morgan fingerprint density at radius 2 is 1.84 bits per heavy atom. The highest BCUT2D eigenvalue weighted by Crippen LogP contribution is 2.27. The summed E-state index contributed by atoms with van der Waals surface area (Å²) in [7, 11) is 1.59. The summed E-state index contributed by atoms with van der Waals surface area (Å²) < 4.78 is 10.9. The fraction of sp³-hybridized carbons (Fsp3) is 0.188. The molecule has 19 heavy (non-hydrogen) atoms. The molecule has 0 aliphatic heterocycles. The van der Waals surface area contributed by atoms with E-state index in [0.717, 1.165) is 6.42 Å². The second-order valence-corrected chi connectivity index (χ2v) is 4.06. The van der Waals surface area contributed by atoms with Gasteiger partial charge in [0.25, 0.3) is 0 Å². The van der Waals surface area contributed by atoms with Crippen LogP contribution in [0, 0.1) is 11.3 Å². The molecule has 0 aromatic heterocycles. The van der Waals surface area contributed by atoms with Crippen LogP contribution >= 0.6 is 0 Å². The summed E-state index contributed by atoms with van der Waals surface area (Å²) in [5.74, 6) is 1.25. The lowest BCUT2D eigenvalue weighted by Gasteiger charge is -2.10. The third kappa shape index (κ3) is 3.49. The molecule has 0 amide bonds. The van der Waals surface area contributed by atoms with Gasteiger partial charge in [-0.05, 0) is 17.7 Å². The summed E-state index contributed by atoms with van der Waals surface area (Å²) in [6.07, 6.45) is 0.820. The van der Waals surface area contributed by atoms with Crippen LogP contribution in [-0.2, 0) is 6.42 Å². The maximum atomic E-state index is 8.88. The lowest BCUT2D eigenvalue weighted by atomic mass is 10.2. The van der Waals surface area contributed by atoms with Gasteiger partial charge in [0.1, 0.15) is 0 Å². The van der Waals surface area contributed by atoms with Crippen LogP contribution in [-0.4, -0.2) is 13.7 Å². The highest BCUT2D eigenvalue weighted by atomic mass is 16.5. The highest BCUT2D eigenvalue weighted by molar-refractivity contribution is 5.46. The van der Waals surface area contributed by atoms with Crippen LogP contribution in [0.3, 0.4) is 0 Å². The van der Waals surface area contributed by atoms with Crippen molar-refractivity contribution < 1.29 is 9.47 Å². The van der Waals surface area contributed by atoms with E-state index in [9.17, 15) is 0 Å². The first-order valence-electron chi connectivity index (χ1n) is 6.08. The van der Waals surface area contributed by atoms with Gasteiger partial charge in [0, 0.05) is 12.5 Å². The van der Waals surface area contributed by atoms with E-state index in [1.54, 1.807) is 25.3 Å². The summed E-state index contributed by atoms with van der Waals surface area (Å²) in [5, 5.41) is 8.88. The summed E-state index contributed by atoms with van der Waals surface area (Å²) in [5.41, 5.74) is 1.79. The molecule has 0 spiro atoms. The van der Waals surface area contributed by atoms with Crippen LogP contribution in [0.2, 0.25) is 0 Å². The first-order valence-corrected chi connectivity index (χ1v) is 6.08. The van der Waals surface area contributed by atoms with Crippen molar-refractivity contribution in [1.29, 1.82) is 5.26 Å². The van der Waals surface area contributed by atoms with Gasteiger partial charge in [0.05, 0.1) is 25.3 Å². The van der Waals surface area contributed by atoms with E-state index < -0.39 is 0 Å². The van der Waals surface area contributed by atoms with Crippen molar-refractivity contribution in [3.8, 4) is 17.6 Å². The van der Waals surface area contributed by atoms with Crippen LogP contribution in [0.4, 0.5) is 0 Å². The number of nitriles is 1. The molecule has 0 saturated carbocycles. The molecular weight excluding hydrogens is 238 g/mol. The second kappa shape index (κ2) is 6.46. The standard InChI is InChI=1S/C16H15NO2/c1-18-15-8-7-14(12-17)11-16(15)19-10-9-13-5-3-2-4-6-13/h2-8,11H,9-10H2,1H3. The minimum Gasteiger partial charge on any atom is -0.493 e. The van der Waals surface area contributed by atoms with Gasteiger partial charge in [-0.15, -0.1) is 0 Å². The van der Waals surface area contributed by atoms with Gasteiger partial charge in [0.2, 0.25) is 0 Å². The molecule has 3 heteroatoms. The maximum absolute atomic E-state index is 8.88. The summed E-state index contributed by atoms with van der Waals surface area (Å²) in [6, 6.07) is 17.4. The van der Waals surface area contributed by atoms with E-state index in [4.69, 9.17) is 14.7 Å². The molecule has 0 bridgehead atoms. The van der Waals surface area contributed by atoms with Gasteiger partial charge in [-0.3, -0.25) is 0 Å². The molecule has 0 saturated heterocycles. The van der Waals surface area contributed by atoms with E-state index in [1.807, 2.05) is 18.2 Å². The molecule has 96 valence electrons. The van der Waals surface area contributed by atoms with Gasteiger partial charge >= 0.3 is 0 Å². The quantitative estimate of drug-likeness (QED) is 0.821. The third-order valence-electron chi connectivity index (χ3n) is 2.78. The van der Waals surface area contributed by atoms with E-state index in [-0.39, 0.29) is 0 Å². The monoisotopic (exact) mass is 253 g/mol. The lowest BCUT2D eigenvalue weighted by molar-refractivity contribution is 0.297. The minimum absolute atomic E-state index is 0.551. The highest BCUT2D eigenvalue weighted by Gasteiger charge is 2.05. The van der Waals surface area contributed by atoms with Crippen LogP contribution in [0.15, 0.2) is 48.5 Å². The molecule has 2 aromatic rings. The van der Waals surface area contributed by atoms with Crippen molar-refractivity contribution in [3.63, 3.8) is 0 Å². The Morgan fingerprint density at radius 3 is 2.53 bits per heavy atom. The van der Waals surface area contributed by atoms with E-state index in [2.05, 4.69) is 18.2 Å². The molecule has 0 aliphatic carbocycles. The Kier molecular flexibility index (Phi) is 4.41. The smallest absolute Gasteiger partial charge is 0.162 e. The Bertz CT molecular complexity index is 573. The predicted molar refractivity (Wildman–Crippen MR) is 73.4 cm³/mol. The van der Waals surface area contributed by atoms with Crippen LogP contribution in [0.5, 0.6) is 11.5 Å². The maximum Gasteiger partial charge on any atom is 0.162 e. The van der Waals surface area contributed by atoms with Gasteiger partial charge in [-0.2, -0.15) is 5.26 Å². The molecule has 0 unspecified atom stereocenters. The van der Waals surface area contributed by atoms with Crippen molar-refractivity contribution >= 4 is 0 Å². The number of rotatable bonds is 5. The fourth-order valence-corrected chi connectivity index (χ4v) is 1.78. The number of nitrogens with zero attached hydrogens (tertiary/aromatic N) is 1. The second-order valence-electron chi connectivity index (χ2n) is 4.06. The van der Waals surface area contributed by atoms with Gasteiger partial charge in [-0.25, -0.2) is 0 Å². The number of hydrogen-bond donors (Lipinski definition) is 0. The molecule has 0 N–H and O–H groups in total. The molecule has 2 rings (SSSR count). The van der Waals surface area contributed by atoms with Crippen molar-refractivity contribution in [3.05, 3.63) is 59.7 Å². The first-order chi connectivity index (χ1) is 9.33. The lowest BCUT2D eigenvalue weighted by Crippen LogP contribution is -2.02. The molecule has 0 fully saturated rings. The summed E-state index contributed by atoms with van der Waals surface area (Å²) in [4.78, 5) is 0. The Morgan fingerprint density at radius 1 is 1.05 bits per heavy atom. The SMILES string of the molecule is COc1ccc(C#N)cc1OCCc1ccccc1. The average molecular weight is 253 g/mol. The molecule has 2 aromatic carbocycles. The van der Waals surface area contributed by atoms with Crippen LogP contribution in [0.25, 0.3) is 0 Å². The first kappa shape index (κ1) is 13.0. The third-order valence-corrected chi connectivity index (χ3v) is 2.78. The zero-order valence-electron chi connectivity index (χ0n) is 10.8. The normalized spacial score (nSPS) is 9.68. The molecule has 0 atom stereocenters. The number of benzene rings is 2. The average Bonchev–Trinajstić information content (AvgIpc) is 2.48. The zero-order chi connectivity index (χ0) is 13.5. The molecule has 0 aliphatic rings. The van der Waals surface area contributed by atoms with Gasteiger partial charge < -0.3 is 9.47 Å². The van der Waals surface area contributed by atoms with Crippen LogP contribution in [0.1, 0.15) is 11.1 Å². The summed E-state index contributed by atoms with van der Waals surface area (Å²) >= 11 is 0. The zero-order valence-corrected chi connectivity index (χ0v) is 10.8. The van der Waals surface area contributed by atoms with Gasteiger partial charge in [0.15, 0.2) is 11.5 Å². The molecule has 0 radical (unpaired) electrons. The van der Waals surface area contributed by atoms with Crippen LogP contribution < -0.4 is 9.47 Å². The minimum atomic E-state index is 0.551. The van der Waals surface area contributed by atoms with E-state index in [0.29, 0.717) is 23.7 Å². The Labute approximate surface area is 113 Å². The molecule has 3 nitrogen and oxygen atoms in total. The fourth-order valence-electron chi connectivity index (χ4n) is 1.78. The van der Waals surface area contributed by atoms with Gasteiger partial charge in [-0.1, -0.05) is 30.3 Å². The largest absolute Gasteiger partial charge is 0.493 e. The topological polar surface area (TPSA) is 42.2 Å². The molecular formula is C16H15NO2. The van der Waals surface area contributed by atoms with Crippen molar-refractivity contribution in [2.45, 2.75) is 6.42 Å². The van der Waals surface area contributed by atoms with Crippen molar-refractivity contribution in [2.24, 2.45) is 0 Å². The number of methoxy groups -OCH3 is 1. The number of ether oxygens (including phenoxy) is 2. The predicted octanol–water partition coefficient (Wildman–Crippen LogP) is 3.19.